The van der Waals surface area contributed by atoms with Crippen LogP contribution in [0.1, 0.15) is 29.9 Å². The molecule has 8 heavy (non-hydrogen) atoms. The van der Waals surface area contributed by atoms with E-state index in [0.29, 0.717) is 0 Å². The third-order valence-corrected chi connectivity index (χ3v) is 3.88. The summed E-state index contributed by atoms with van der Waals surface area (Å²) in [7, 11) is 5.67. The molecule has 0 saturated carbocycles. The Balaban J connectivity index is 3.94. The van der Waals surface area contributed by atoms with Crippen molar-refractivity contribution in [2.75, 3.05) is 0 Å². The molecule has 0 saturated heterocycles. The van der Waals surface area contributed by atoms with Crippen molar-refractivity contribution in [1.29, 1.82) is 0 Å². The van der Waals surface area contributed by atoms with Gasteiger partial charge in [0.2, 0.25) is 0 Å². The van der Waals surface area contributed by atoms with Crippen LogP contribution in [0.15, 0.2) is 0 Å². The van der Waals surface area contributed by atoms with E-state index in [0.717, 1.165) is 0 Å². The summed E-state index contributed by atoms with van der Waals surface area (Å²) in [6.07, 6.45) is -0.285. The third kappa shape index (κ3) is 7.23. The van der Waals surface area contributed by atoms with Gasteiger partial charge in [0.15, 0.2) is 0 Å². The van der Waals surface area contributed by atoms with Gasteiger partial charge in [0.25, 0.3) is 0 Å². The minimum atomic E-state index is -1.49. The molecular weight excluding hydrogens is 308 g/mol. The topological polar surface area (TPSA) is 0 Å². The number of hydrogen-bond acceptors (Lipinski definition) is 0. The Morgan fingerprint density at radius 3 is 2.25 bits per heavy atom. The molecule has 0 aliphatic carbocycles. The molecule has 2 atom stereocenters. The van der Waals surface area contributed by atoms with E-state index in [1.54, 1.807) is 0 Å². The van der Waals surface area contributed by atoms with E-state index in [1.165, 1.54) is 0 Å². The van der Waals surface area contributed by atoms with Crippen LogP contribution in [0.4, 0.5) is 0 Å². The molecule has 46 valence electrons. The van der Waals surface area contributed by atoms with Crippen molar-refractivity contribution in [3.8, 4) is 0 Å². The standard InChI is InChI=1S/C6H13.ClH.Hg/c1-5-6(2,3)4;;/h1,5H2,2-4H3;1H;/q;;+1/p-1/i1D,5D;;/t5-;;/m0../s1. The Hall–Kier alpha value is 1.23. The molecule has 0 amide bonds. The molecule has 0 heterocycles. The molecule has 0 aromatic rings. The molecule has 0 unspecified atom stereocenters. The van der Waals surface area contributed by atoms with Gasteiger partial charge < -0.3 is 0 Å². The third-order valence-electron chi connectivity index (χ3n) is 0.707. The zero-order valence-corrected chi connectivity index (χ0v) is 12.0. The predicted octanol–water partition coefficient (Wildman–Crippen LogP) is 3.08. The molecule has 0 N–H and O–H groups in total. The quantitative estimate of drug-likeness (QED) is 0.685. The fourth-order valence-electron chi connectivity index (χ4n) is 0.398. The Labute approximate surface area is 70.7 Å². The molecule has 0 rings (SSSR count). The van der Waals surface area contributed by atoms with Crippen molar-refractivity contribution in [2.45, 2.75) is 31.1 Å². The first-order valence-corrected chi connectivity index (χ1v) is 12.7. The SMILES string of the molecule is [2H][C@@H]([Hg][Cl])[C@H]([2H])C(C)(C)C. The molecule has 0 aromatic heterocycles. The molecule has 0 nitrogen and oxygen atoms in total. The fourth-order valence-corrected chi connectivity index (χ4v) is 4.28. The maximum absolute atomic E-state index is 7.61. The summed E-state index contributed by atoms with van der Waals surface area (Å²) in [5.41, 5.74) is -0.0681. The van der Waals surface area contributed by atoms with Crippen LogP contribution in [0, 0.1) is 5.41 Å². The van der Waals surface area contributed by atoms with Crippen LogP contribution in [0.25, 0.3) is 0 Å². The fraction of sp³-hybridized carbons (Fsp3) is 1.00. The van der Waals surface area contributed by atoms with Gasteiger partial charge in [-0.2, -0.15) is 0 Å². The Bertz CT molecular complexity index is 102. The summed E-state index contributed by atoms with van der Waals surface area (Å²) in [6, 6.07) is 0. The second kappa shape index (κ2) is 4.11. The van der Waals surface area contributed by atoms with Gasteiger partial charge >= 0.3 is 70.8 Å². The van der Waals surface area contributed by atoms with Crippen LogP contribution in [-0.4, -0.2) is 0 Å². The number of rotatable bonds is 2. The number of halogens is 1. The van der Waals surface area contributed by atoms with Gasteiger partial charge in [-0.25, -0.2) is 0 Å². The van der Waals surface area contributed by atoms with Gasteiger partial charge in [0.1, 0.15) is 0 Å². The van der Waals surface area contributed by atoms with Crippen LogP contribution in [0.2, 0.25) is 3.91 Å². The van der Waals surface area contributed by atoms with Crippen LogP contribution in [-0.2, 0) is 23.3 Å². The second-order valence-electron chi connectivity index (χ2n) is 2.92. The normalized spacial score (nSPS) is 22.5. The van der Waals surface area contributed by atoms with E-state index in [2.05, 4.69) is 0 Å². The summed E-state index contributed by atoms with van der Waals surface area (Å²) in [4.78, 5) is 0. The van der Waals surface area contributed by atoms with Crippen LogP contribution in [0.5, 0.6) is 0 Å². The summed E-state index contributed by atoms with van der Waals surface area (Å²) in [6.45, 7) is 5.98. The van der Waals surface area contributed by atoms with Gasteiger partial charge in [0.05, 0.1) is 0 Å². The molecule has 0 fully saturated rings. The summed E-state index contributed by atoms with van der Waals surface area (Å²) in [5, 5.41) is 0. The zero-order chi connectivity index (χ0) is 8.36. The van der Waals surface area contributed by atoms with Crippen molar-refractivity contribution in [1.82, 2.24) is 0 Å². The monoisotopic (exact) mass is 324 g/mol. The van der Waals surface area contributed by atoms with Crippen LogP contribution >= 0.6 is 8.25 Å². The zero-order valence-electron chi connectivity index (χ0n) is 7.74. The summed E-state index contributed by atoms with van der Waals surface area (Å²) >= 11 is -1.49. The summed E-state index contributed by atoms with van der Waals surface area (Å²) < 4.78 is 14.8. The molecule has 0 aliphatic rings. The van der Waals surface area contributed by atoms with Gasteiger partial charge in [-0.15, -0.1) is 0 Å². The Kier molecular flexibility index (Phi) is 3.06. The van der Waals surface area contributed by atoms with E-state index in [9.17, 15) is 0 Å². The molecule has 0 bridgehead atoms. The van der Waals surface area contributed by atoms with E-state index in [1.807, 2.05) is 20.8 Å². The molecular formula is C6H13ClHg. The van der Waals surface area contributed by atoms with Gasteiger partial charge in [-0.3, -0.25) is 0 Å². The van der Waals surface area contributed by atoms with Crippen LogP contribution < -0.4 is 0 Å². The predicted molar refractivity (Wildman–Crippen MR) is 34.7 cm³/mol. The second-order valence-corrected chi connectivity index (χ2v) is 8.66. The number of hydrogen-bond donors (Lipinski definition) is 0. The Morgan fingerprint density at radius 1 is 1.62 bits per heavy atom. The first-order chi connectivity index (χ1) is 4.39. The maximum atomic E-state index is 7.61. The first-order valence-electron chi connectivity index (χ1n) is 3.95. The Morgan fingerprint density at radius 2 is 2.12 bits per heavy atom. The average Bonchev–Trinajstić information content (AvgIpc) is 1.83. The minimum absolute atomic E-state index is 0.0681. The van der Waals surface area contributed by atoms with Gasteiger partial charge in [0, 0.05) is 0 Å². The van der Waals surface area contributed by atoms with Gasteiger partial charge in [-0.1, -0.05) is 0 Å². The van der Waals surface area contributed by atoms with E-state index in [-0.39, 0.29) is 15.7 Å². The van der Waals surface area contributed by atoms with Crippen molar-refractivity contribution < 1.29 is 26.1 Å². The van der Waals surface area contributed by atoms with Crippen molar-refractivity contribution in [2.24, 2.45) is 5.41 Å². The van der Waals surface area contributed by atoms with Crippen molar-refractivity contribution in [3.05, 3.63) is 0 Å². The average molecular weight is 323 g/mol. The van der Waals surface area contributed by atoms with Crippen LogP contribution in [0.3, 0.4) is 0 Å². The first kappa shape index (κ1) is 5.97. The van der Waals surface area contributed by atoms with E-state index < -0.39 is 23.3 Å². The van der Waals surface area contributed by atoms with Crippen molar-refractivity contribution >= 4 is 8.25 Å². The molecule has 0 spiro atoms. The van der Waals surface area contributed by atoms with Gasteiger partial charge in [-0.05, 0) is 0 Å². The van der Waals surface area contributed by atoms with E-state index in [4.69, 9.17) is 11.0 Å². The molecule has 0 radical (unpaired) electrons. The molecule has 2 heteroatoms. The summed E-state index contributed by atoms with van der Waals surface area (Å²) in [5.74, 6) is 0. The molecule has 0 aromatic carbocycles. The molecule has 0 aliphatic heterocycles. The van der Waals surface area contributed by atoms with Crippen molar-refractivity contribution in [3.63, 3.8) is 0 Å². The van der Waals surface area contributed by atoms with E-state index >= 15 is 0 Å².